The molecular weight excluding hydrogens is 242 g/mol. The molecule has 1 amide bonds. The van der Waals surface area contributed by atoms with Gasteiger partial charge in [-0.2, -0.15) is 0 Å². The van der Waals surface area contributed by atoms with Crippen LogP contribution >= 0.6 is 0 Å². The van der Waals surface area contributed by atoms with Crippen molar-refractivity contribution in [3.63, 3.8) is 0 Å². The molecule has 0 saturated heterocycles. The Labute approximate surface area is 111 Å². The molecule has 5 nitrogen and oxygen atoms in total. The molecule has 0 bridgehead atoms. The van der Waals surface area contributed by atoms with Crippen LogP contribution in [0.1, 0.15) is 37.4 Å². The van der Waals surface area contributed by atoms with E-state index in [0.717, 1.165) is 36.3 Å². The number of aryl methyl sites for hydroxylation is 2. The number of carbonyl (C=O) groups is 1. The van der Waals surface area contributed by atoms with Gasteiger partial charge < -0.3 is 10.5 Å². The van der Waals surface area contributed by atoms with E-state index >= 15 is 0 Å². The van der Waals surface area contributed by atoms with Gasteiger partial charge in [-0.15, -0.1) is 0 Å². The second-order valence-corrected chi connectivity index (χ2v) is 5.42. The Morgan fingerprint density at radius 3 is 3.00 bits per heavy atom. The Hall–Kier alpha value is -2.04. The van der Waals surface area contributed by atoms with E-state index in [1.54, 1.807) is 13.8 Å². The molecule has 0 saturated carbocycles. The molecule has 0 spiro atoms. The van der Waals surface area contributed by atoms with Crippen molar-refractivity contribution in [1.29, 1.82) is 0 Å². The molecule has 1 aliphatic rings. The first-order valence-electron chi connectivity index (χ1n) is 6.47. The van der Waals surface area contributed by atoms with Gasteiger partial charge in [-0.3, -0.25) is 4.40 Å². The predicted molar refractivity (Wildman–Crippen MR) is 70.9 cm³/mol. The summed E-state index contributed by atoms with van der Waals surface area (Å²) >= 11 is 0. The van der Waals surface area contributed by atoms with Gasteiger partial charge in [0.2, 0.25) is 0 Å². The minimum atomic E-state index is -0.837. The van der Waals surface area contributed by atoms with Gasteiger partial charge in [0.1, 0.15) is 0 Å². The van der Waals surface area contributed by atoms with Crippen molar-refractivity contribution < 1.29 is 9.53 Å². The van der Waals surface area contributed by atoms with E-state index in [-0.39, 0.29) is 0 Å². The quantitative estimate of drug-likeness (QED) is 0.898. The summed E-state index contributed by atoms with van der Waals surface area (Å²) in [6.45, 7) is 3.61. The van der Waals surface area contributed by atoms with E-state index < -0.39 is 11.7 Å². The highest BCUT2D eigenvalue weighted by Crippen LogP contribution is 2.31. The highest BCUT2D eigenvalue weighted by molar-refractivity contribution is 5.66. The van der Waals surface area contributed by atoms with Crippen LogP contribution in [0.4, 0.5) is 4.79 Å². The van der Waals surface area contributed by atoms with Crippen LogP contribution in [0.3, 0.4) is 0 Å². The number of nitrogens with zero attached hydrogens (tertiary/aromatic N) is 2. The average molecular weight is 259 g/mol. The third kappa shape index (κ3) is 1.85. The number of pyridine rings is 1. The van der Waals surface area contributed by atoms with Crippen molar-refractivity contribution >= 4 is 11.6 Å². The van der Waals surface area contributed by atoms with Gasteiger partial charge in [-0.25, -0.2) is 9.78 Å². The lowest BCUT2D eigenvalue weighted by molar-refractivity contribution is 0.0359. The number of hydrogen-bond donors (Lipinski definition) is 1. The molecule has 2 aromatic heterocycles. The Morgan fingerprint density at radius 2 is 2.26 bits per heavy atom. The Bertz CT molecular complexity index is 658. The van der Waals surface area contributed by atoms with Crippen molar-refractivity contribution in [2.24, 2.45) is 5.73 Å². The summed E-state index contributed by atoms with van der Waals surface area (Å²) in [7, 11) is 0. The number of hydrogen-bond acceptors (Lipinski definition) is 3. The third-order valence-electron chi connectivity index (χ3n) is 3.57. The molecule has 2 aromatic rings. The number of amides is 1. The Balaban J connectivity index is 2.21. The number of imidazole rings is 1. The Kier molecular flexibility index (Phi) is 2.52. The molecule has 2 heterocycles. The number of aromatic nitrogens is 2. The van der Waals surface area contributed by atoms with E-state index in [4.69, 9.17) is 10.5 Å². The summed E-state index contributed by atoms with van der Waals surface area (Å²) in [5.74, 6) is 0.722. The van der Waals surface area contributed by atoms with Gasteiger partial charge in [0.05, 0.1) is 11.2 Å². The summed E-state index contributed by atoms with van der Waals surface area (Å²) < 4.78 is 7.23. The van der Waals surface area contributed by atoms with Gasteiger partial charge in [-0.1, -0.05) is 6.07 Å². The van der Waals surface area contributed by atoms with E-state index in [9.17, 15) is 4.79 Å². The summed E-state index contributed by atoms with van der Waals surface area (Å²) in [4.78, 5) is 15.7. The van der Waals surface area contributed by atoms with E-state index in [1.807, 2.05) is 16.7 Å². The molecular formula is C14H17N3O2. The molecule has 5 heteroatoms. The molecule has 19 heavy (non-hydrogen) atoms. The molecule has 100 valence electrons. The number of ether oxygens (including phenoxy) is 1. The topological polar surface area (TPSA) is 69.6 Å². The smallest absolute Gasteiger partial charge is 0.405 e. The highest BCUT2D eigenvalue weighted by Gasteiger charge is 2.31. The molecule has 1 aliphatic carbocycles. The van der Waals surface area contributed by atoms with Crippen LogP contribution in [0.15, 0.2) is 18.3 Å². The fraction of sp³-hybridized carbons (Fsp3) is 0.429. The largest absolute Gasteiger partial charge is 0.435 e. The van der Waals surface area contributed by atoms with Crippen LogP contribution < -0.4 is 5.73 Å². The van der Waals surface area contributed by atoms with Crippen molar-refractivity contribution in [3.8, 4) is 0 Å². The summed E-state index contributed by atoms with van der Waals surface area (Å²) in [6, 6.07) is 4.13. The normalized spacial score (nSPS) is 14.6. The zero-order valence-electron chi connectivity index (χ0n) is 11.1. The minimum absolute atomic E-state index is 0.722. The third-order valence-corrected chi connectivity index (χ3v) is 3.57. The van der Waals surface area contributed by atoms with Gasteiger partial charge >= 0.3 is 6.09 Å². The van der Waals surface area contributed by atoms with Gasteiger partial charge in [0.25, 0.3) is 0 Å². The standard InChI is InChI=1S/C14H17N3O2/c1-14(2,19-13(15)18)12-16-10-7-3-5-9-6-4-8-17(12)11(9)10/h4,6,8H,3,5,7H2,1-2H3,(H2,15,18). The fourth-order valence-corrected chi connectivity index (χ4v) is 2.83. The average Bonchev–Trinajstić information content (AvgIpc) is 2.70. The number of rotatable bonds is 2. The zero-order chi connectivity index (χ0) is 13.6. The van der Waals surface area contributed by atoms with Crippen LogP contribution in [0.5, 0.6) is 0 Å². The van der Waals surface area contributed by atoms with Crippen molar-refractivity contribution in [3.05, 3.63) is 35.4 Å². The summed E-state index contributed by atoms with van der Waals surface area (Å²) in [6.07, 6.45) is 4.32. The molecule has 3 rings (SSSR count). The molecule has 0 fully saturated rings. The van der Waals surface area contributed by atoms with Crippen LogP contribution in [-0.2, 0) is 23.2 Å². The van der Waals surface area contributed by atoms with E-state index in [0.29, 0.717) is 0 Å². The number of nitrogens with two attached hydrogens (primary N) is 1. The molecule has 0 atom stereocenters. The second kappa shape index (κ2) is 3.98. The number of primary amides is 1. The minimum Gasteiger partial charge on any atom is -0.435 e. The Morgan fingerprint density at radius 1 is 1.47 bits per heavy atom. The van der Waals surface area contributed by atoms with Crippen LogP contribution in [0, 0.1) is 0 Å². The van der Waals surface area contributed by atoms with Crippen LogP contribution in [0.25, 0.3) is 5.52 Å². The van der Waals surface area contributed by atoms with Crippen LogP contribution in [-0.4, -0.2) is 15.5 Å². The summed E-state index contributed by atoms with van der Waals surface area (Å²) in [5.41, 5.74) is 7.85. The molecule has 2 N–H and O–H groups in total. The lowest BCUT2D eigenvalue weighted by Gasteiger charge is -2.22. The number of carbonyl (C=O) groups excluding carboxylic acids is 1. The second-order valence-electron chi connectivity index (χ2n) is 5.42. The van der Waals surface area contributed by atoms with Crippen molar-refractivity contribution in [1.82, 2.24) is 9.38 Å². The van der Waals surface area contributed by atoms with Crippen LogP contribution in [0.2, 0.25) is 0 Å². The first kappa shape index (κ1) is 12.0. The monoisotopic (exact) mass is 259 g/mol. The molecule has 0 aromatic carbocycles. The first-order chi connectivity index (χ1) is 8.99. The zero-order valence-corrected chi connectivity index (χ0v) is 11.1. The SMILES string of the molecule is CC(C)(OC(N)=O)c1nc2c3c(cccn13)CCC2. The van der Waals surface area contributed by atoms with E-state index in [2.05, 4.69) is 11.1 Å². The lowest BCUT2D eigenvalue weighted by atomic mass is 9.99. The van der Waals surface area contributed by atoms with Crippen molar-refractivity contribution in [2.75, 3.05) is 0 Å². The maximum atomic E-state index is 11.0. The highest BCUT2D eigenvalue weighted by atomic mass is 16.6. The van der Waals surface area contributed by atoms with Gasteiger partial charge in [0.15, 0.2) is 11.4 Å². The molecule has 0 radical (unpaired) electrons. The maximum Gasteiger partial charge on any atom is 0.405 e. The first-order valence-corrected chi connectivity index (χ1v) is 6.47. The molecule has 0 unspecified atom stereocenters. The fourth-order valence-electron chi connectivity index (χ4n) is 2.83. The van der Waals surface area contributed by atoms with Crippen molar-refractivity contribution in [2.45, 2.75) is 38.7 Å². The van der Waals surface area contributed by atoms with Gasteiger partial charge in [-0.05, 0) is 44.7 Å². The summed E-state index contributed by atoms with van der Waals surface area (Å²) in [5, 5.41) is 0. The predicted octanol–water partition coefficient (Wildman–Crippen LogP) is 2.15. The maximum absolute atomic E-state index is 11.0. The van der Waals surface area contributed by atoms with E-state index in [1.165, 1.54) is 5.56 Å². The molecule has 0 aliphatic heterocycles. The lowest BCUT2D eigenvalue weighted by Crippen LogP contribution is -2.30. The van der Waals surface area contributed by atoms with Gasteiger partial charge in [0, 0.05) is 6.20 Å².